The zero-order valence-corrected chi connectivity index (χ0v) is 16.1. The van der Waals surface area contributed by atoms with Crippen molar-refractivity contribution in [2.24, 2.45) is 0 Å². The molecule has 0 unspecified atom stereocenters. The summed E-state index contributed by atoms with van der Waals surface area (Å²) in [7, 11) is 0. The number of rotatable bonds is 5. The normalized spacial score (nSPS) is 15.6. The molecule has 4 rings (SSSR count). The molecule has 1 amide bonds. The topological polar surface area (TPSA) is 66.4 Å². The van der Waals surface area contributed by atoms with Crippen molar-refractivity contribution < 1.29 is 14.7 Å². The second-order valence-electron chi connectivity index (χ2n) is 7.54. The minimum absolute atomic E-state index is 0.340. The summed E-state index contributed by atoms with van der Waals surface area (Å²) < 4.78 is 0. The van der Waals surface area contributed by atoms with Crippen molar-refractivity contribution in [2.45, 2.75) is 31.2 Å². The van der Waals surface area contributed by atoms with Crippen LogP contribution in [0.1, 0.15) is 47.2 Å². The van der Waals surface area contributed by atoms with Gasteiger partial charge in [-0.25, -0.2) is 4.79 Å². The van der Waals surface area contributed by atoms with Crippen LogP contribution in [0, 0.1) is 0 Å². The smallest absolute Gasteiger partial charge is 0.329 e. The average molecular weight is 385 g/mol. The Kier molecular flexibility index (Phi) is 5.17. The molecule has 4 heteroatoms. The molecule has 1 fully saturated rings. The summed E-state index contributed by atoms with van der Waals surface area (Å²) in [6, 6.07) is 21.5. The summed E-state index contributed by atoms with van der Waals surface area (Å²) in [5, 5.41) is 14.6. The van der Waals surface area contributed by atoms with Crippen molar-refractivity contribution in [3.8, 4) is 0 Å². The Labute approximate surface area is 169 Å². The molecule has 29 heavy (non-hydrogen) atoms. The summed E-state index contributed by atoms with van der Waals surface area (Å²) in [4.78, 5) is 25.0. The monoisotopic (exact) mass is 385 g/mol. The largest absolute Gasteiger partial charge is 0.480 e. The first-order valence-corrected chi connectivity index (χ1v) is 9.90. The molecule has 1 aliphatic carbocycles. The van der Waals surface area contributed by atoms with Crippen LogP contribution in [0.4, 0.5) is 0 Å². The van der Waals surface area contributed by atoms with Crippen LogP contribution in [0.2, 0.25) is 0 Å². The second-order valence-corrected chi connectivity index (χ2v) is 7.54. The molecule has 4 nitrogen and oxygen atoms in total. The Hall–Kier alpha value is -3.40. The number of carboxylic acid groups (broad SMARTS) is 1. The molecule has 1 aliphatic rings. The molecular weight excluding hydrogens is 362 g/mol. The van der Waals surface area contributed by atoms with Crippen LogP contribution in [-0.4, -0.2) is 22.5 Å². The number of benzene rings is 3. The highest BCUT2D eigenvalue weighted by Crippen LogP contribution is 2.31. The molecule has 0 atom stereocenters. The Morgan fingerprint density at radius 2 is 1.55 bits per heavy atom. The third kappa shape index (κ3) is 3.79. The van der Waals surface area contributed by atoms with Gasteiger partial charge in [0.15, 0.2) is 0 Å². The van der Waals surface area contributed by atoms with Gasteiger partial charge in [0.05, 0.1) is 0 Å². The van der Waals surface area contributed by atoms with Crippen LogP contribution in [0.3, 0.4) is 0 Å². The first kappa shape index (κ1) is 18.9. The highest BCUT2D eigenvalue weighted by Gasteiger charge is 2.42. The van der Waals surface area contributed by atoms with E-state index in [9.17, 15) is 14.7 Å². The molecule has 3 aromatic carbocycles. The minimum Gasteiger partial charge on any atom is -0.480 e. The molecule has 146 valence electrons. The highest BCUT2D eigenvalue weighted by atomic mass is 16.4. The lowest BCUT2D eigenvalue weighted by atomic mass is 9.94. The Morgan fingerprint density at radius 3 is 2.28 bits per heavy atom. The van der Waals surface area contributed by atoms with Crippen molar-refractivity contribution in [3.63, 3.8) is 0 Å². The second kappa shape index (κ2) is 7.92. The molecule has 0 radical (unpaired) electrons. The zero-order chi connectivity index (χ0) is 20.3. The number of fused-ring (bicyclic) bond motifs is 1. The fourth-order valence-corrected chi connectivity index (χ4v) is 4.07. The van der Waals surface area contributed by atoms with E-state index >= 15 is 0 Å². The molecule has 0 heterocycles. The number of amides is 1. The van der Waals surface area contributed by atoms with Crippen molar-refractivity contribution in [1.29, 1.82) is 0 Å². The fourth-order valence-electron chi connectivity index (χ4n) is 4.07. The van der Waals surface area contributed by atoms with Gasteiger partial charge in [-0.05, 0) is 40.8 Å². The van der Waals surface area contributed by atoms with E-state index in [0.717, 1.165) is 34.7 Å². The third-order valence-electron chi connectivity index (χ3n) is 5.68. The Bertz CT molecular complexity index is 1080. The van der Waals surface area contributed by atoms with Crippen LogP contribution in [0.5, 0.6) is 0 Å². The lowest BCUT2D eigenvalue weighted by Gasteiger charge is -2.26. The average Bonchev–Trinajstić information content (AvgIpc) is 3.22. The van der Waals surface area contributed by atoms with Crippen molar-refractivity contribution in [1.82, 2.24) is 5.32 Å². The molecule has 0 aliphatic heterocycles. The number of aliphatic carboxylic acids is 1. The van der Waals surface area contributed by atoms with E-state index in [2.05, 4.69) is 5.32 Å². The van der Waals surface area contributed by atoms with Crippen LogP contribution >= 0.6 is 0 Å². The molecule has 0 saturated heterocycles. The van der Waals surface area contributed by atoms with Crippen LogP contribution < -0.4 is 5.32 Å². The highest BCUT2D eigenvalue weighted by molar-refractivity contribution is 6.07. The number of nitrogens with one attached hydrogen (secondary N) is 1. The zero-order valence-electron chi connectivity index (χ0n) is 16.1. The number of hydrogen-bond acceptors (Lipinski definition) is 2. The first-order valence-electron chi connectivity index (χ1n) is 9.90. The van der Waals surface area contributed by atoms with Gasteiger partial charge in [-0.15, -0.1) is 0 Å². The quantitative estimate of drug-likeness (QED) is 0.598. The number of carboxylic acids is 1. The summed E-state index contributed by atoms with van der Waals surface area (Å²) in [6.07, 6.45) is 6.47. The maximum Gasteiger partial charge on any atom is 0.329 e. The molecule has 2 N–H and O–H groups in total. The molecule has 0 spiro atoms. The fraction of sp³-hybridized carbons (Fsp3) is 0.200. The van der Waals surface area contributed by atoms with Gasteiger partial charge in [0, 0.05) is 5.56 Å². The van der Waals surface area contributed by atoms with Gasteiger partial charge in [0.25, 0.3) is 5.91 Å². The summed E-state index contributed by atoms with van der Waals surface area (Å²) in [6.45, 7) is 0. The van der Waals surface area contributed by atoms with Crippen molar-refractivity contribution in [2.75, 3.05) is 0 Å². The predicted octanol–water partition coefficient (Wildman–Crippen LogP) is 5.14. The van der Waals surface area contributed by atoms with E-state index in [4.69, 9.17) is 0 Å². The number of carbonyl (C=O) groups excluding carboxylic acids is 1. The lowest BCUT2D eigenvalue weighted by Crippen LogP contribution is -2.52. The van der Waals surface area contributed by atoms with Crippen LogP contribution in [0.25, 0.3) is 22.9 Å². The van der Waals surface area contributed by atoms with E-state index in [1.807, 2.05) is 72.8 Å². The molecule has 1 saturated carbocycles. The van der Waals surface area contributed by atoms with Crippen molar-refractivity contribution >= 4 is 34.8 Å². The van der Waals surface area contributed by atoms with Gasteiger partial charge in [0.2, 0.25) is 0 Å². The van der Waals surface area contributed by atoms with Gasteiger partial charge in [-0.2, -0.15) is 0 Å². The summed E-state index contributed by atoms with van der Waals surface area (Å²) in [5.41, 5.74) is 1.15. The van der Waals surface area contributed by atoms with E-state index in [0.29, 0.717) is 18.4 Å². The van der Waals surface area contributed by atoms with Gasteiger partial charge in [-0.3, -0.25) is 4.79 Å². The standard InChI is InChI=1S/C25H23NO3/c27-23(26-25(24(28)29)16-6-7-17-25)22-15-13-19-10-4-5-11-20(19)21(22)14-12-18-8-2-1-3-9-18/h1-5,8-15H,6-7,16-17H2,(H,26,27)(H,28,29). The third-order valence-corrected chi connectivity index (χ3v) is 5.68. The Morgan fingerprint density at radius 1 is 0.862 bits per heavy atom. The van der Waals surface area contributed by atoms with Crippen LogP contribution in [-0.2, 0) is 4.79 Å². The first-order chi connectivity index (χ1) is 14.1. The van der Waals surface area contributed by atoms with E-state index in [1.165, 1.54) is 0 Å². The van der Waals surface area contributed by atoms with Gasteiger partial charge in [0.1, 0.15) is 5.54 Å². The summed E-state index contributed by atoms with van der Waals surface area (Å²) >= 11 is 0. The SMILES string of the molecule is O=C(NC1(C(=O)O)CCCC1)c1ccc2ccccc2c1C=Cc1ccccc1. The maximum atomic E-state index is 13.2. The van der Waals surface area contributed by atoms with Crippen molar-refractivity contribution in [3.05, 3.63) is 83.4 Å². The van der Waals surface area contributed by atoms with E-state index in [1.54, 1.807) is 6.07 Å². The van der Waals surface area contributed by atoms with E-state index in [-0.39, 0.29) is 5.91 Å². The van der Waals surface area contributed by atoms with E-state index < -0.39 is 11.5 Å². The molecule has 3 aromatic rings. The summed E-state index contributed by atoms with van der Waals surface area (Å²) in [5.74, 6) is -1.29. The molecule has 0 bridgehead atoms. The molecular formula is C25H23NO3. The Balaban J connectivity index is 1.76. The number of carbonyl (C=O) groups is 2. The van der Waals surface area contributed by atoms with Gasteiger partial charge in [-0.1, -0.05) is 85.7 Å². The molecule has 0 aromatic heterocycles. The minimum atomic E-state index is -1.16. The number of hydrogen-bond donors (Lipinski definition) is 2. The van der Waals surface area contributed by atoms with Crippen LogP contribution in [0.15, 0.2) is 66.7 Å². The van der Waals surface area contributed by atoms with Gasteiger partial charge < -0.3 is 10.4 Å². The van der Waals surface area contributed by atoms with Gasteiger partial charge >= 0.3 is 5.97 Å². The lowest BCUT2D eigenvalue weighted by molar-refractivity contribution is -0.144. The maximum absolute atomic E-state index is 13.2. The predicted molar refractivity (Wildman–Crippen MR) is 116 cm³/mol.